The molecule has 11 nitrogen and oxygen atoms in total. The molecule has 1 amide bonds. The predicted octanol–water partition coefficient (Wildman–Crippen LogP) is -0.347. The fourth-order valence-corrected chi connectivity index (χ4v) is 10.4. The van der Waals surface area contributed by atoms with E-state index in [2.05, 4.69) is 30.9 Å². The number of nitrogens with two attached hydrogens (primary N) is 1. The number of piperidine rings is 1. The van der Waals surface area contributed by atoms with E-state index in [1.165, 1.54) is 12.8 Å². The molecule has 0 spiro atoms. The summed E-state index contributed by atoms with van der Waals surface area (Å²) in [5.74, 6) is 0.699. The standard InChI is InChI=1S/C27H43N7O4S2/c28-16-3-1-2-4-17(16)30-20-9-14-12-29-27(36)23(14)26(31-20)32-21-10-18(33-40-21)15-13-38-24-19(35)11-22(39-25(15)24)34-5-7-37-8-6-34/h11,14-18,20-21,23-26,30-33H,1-10,12-13,28H2,(H,29,36)/t14?,15?,16-,17+,18?,20?,21?,23?,24?,25?,26?/m1/s1. The van der Waals surface area contributed by atoms with Crippen molar-refractivity contribution in [3.05, 3.63) is 11.1 Å². The van der Waals surface area contributed by atoms with Crippen LogP contribution in [-0.2, 0) is 19.1 Å². The van der Waals surface area contributed by atoms with E-state index >= 15 is 0 Å². The molecule has 1 saturated carbocycles. The maximum atomic E-state index is 13.0. The molecule has 0 aromatic carbocycles. The largest absolute Gasteiger partial charge is 0.378 e. The van der Waals surface area contributed by atoms with Crippen LogP contribution < -0.4 is 31.7 Å². The summed E-state index contributed by atoms with van der Waals surface area (Å²) in [6, 6.07) is 0.745. The second-order valence-electron chi connectivity index (χ2n) is 12.4. The van der Waals surface area contributed by atoms with E-state index in [4.69, 9.17) is 15.2 Å². The van der Waals surface area contributed by atoms with Gasteiger partial charge < -0.3 is 25.4 Å². The van der Waals surface area contributed by atoms with Gasteiger partial charge in [-0.15, -0.1) is 11.8 Å². The highest BCUT2D eigenvalue weighted by molar-refractivity contribution is 8.03. The Labute approximate surface area is 244 Å². The van der Waals surface area contributed by atoms with Gasteiger partial charge in [0.15, 0.2) is 5.78 Å². The summed E-state index contributed by atoms with van der Waals surface area (Å²) in [4.78, 5) is 28.1. The molecule has 11 atom stereocenters. The van der Waals surface area contributed by atoms with Crippen molar-refractivity contribution in [2.45, 2.75) is 85.7 Å². The molecule has 13 heteroatoms. The third-order valence-corrected chi connectivity index (χ3v) is 12.4. The quantitative estimate of drug-likeness (QED) is 0.224. The lowest BCUT2D eigenvalue weighted by atomic mass is 9.83. The normalized spacial score (nSPS) is 45.7. The van der Waals surface area contributed by atoms with E-state index in [1.54, 1.807) is 29.8 Å². The molecule has 7 aliphatic rings. The number of morpholine rings is 1. The molecule has 40 heavy (non-hydrogen) atoms. The number of amides is 1. The van der Waals surface area contributed by atoms with Crippen LogP contribution in [0.5, 0.6) is 0 Å². The summed E-state index contributed by atoms with van der Waals surface area (Å²) in [7, 11) is 0. The second kappa shape index (κ2) is 12.0. The molecule has 0 aromatic rings. The molecule has 7 rings (SSSR count). The lowest BCUT2D eigenvalue weighted by Crippen LogP contribution is -2.66. The minimum Gasteiger partial charge on any atom is -0.378 e. The smallest absolute Gasteiger partial charge is 0.226 e. The Balaban J connectivity index is 0.985. The first-order valence-electron chi connectivity index (χ1n) is 15.1. The van der Waals surface area contributed by atoms with Crippen LogP contribution >= 0.6 is 23.7 Å². The zero-order chi connectivity index (χ0) is 27.2. The maximum Gasteiger partial charge on any atom is 0.226 e. The average Bonchev–Trinajstić information content (AvgIpc) is 3.69. The topological polar surface area (TPSA) is 142 Å². The van der Waals surface area contributed by atoms with Crippen LogP contribution in [0.4, 0.5) is 0 Å². The Morgan fingerprint density at radius 3 is 2.80 bits per heavy atom. The van der Waals surface area contributed by atoms with Crippen molar-refractivity contribution in [2.24, 2.45) is 23.5 Å². The lowest BCUT2D eigenvalue weighted by molar-refractivity contribution is -0.125. The van der Waals surface area contributed by atoms with Gasteiger partial charge in [0.1, 0.15) is 6.10 Å². The van der Waals surface area contributed by atoms with Crippen molar-refractivity contribution in [1.29, 1.82) is 0 Å². The number of thioether (sulfide) groups is 1. The number of hydrogen-bond donors (Lipinski definition) is 6. The van der Waals surface area contributed by atoms with Crippen LogP contribution in [-0.4, -0.2) is 103 Å². The first-order valence-corrected chi connectivity index (χ1v) is 16.9. The Morgan fingerprint density at radius 2 is 1.95 bits per heavy atom. The number of nitrogens with one attached hydrogen (secondary N) is 5. The molecule has 1 aliphatic carbocycles. The average molecular weight is 594 g/mol. The molecule has 9 unspecified atom stereocenters. The number of carbonyl (C=O) groups excluding carboxylic acids is 2. The Morgan fingerprint density at radius 1 is 1.10 bits per heavy atom. The van der Waals surface area contributed by atoms with Crippen molar-refractivity contribution in [1.82, 2.24) is 30.9 Å². The number of fused-ring (bicyclic) bond motifs is 2. The van der Waals surface area contributed by atoms with Crippen molar-refractivity contribution in [2.75, 3.05) is 39.5 Å². The van der Waals surface area contributed by atoms with Gasteiger partial charge in [0, 0.05) is 49.8 Å². The summed E-state index contributed by atoms with van der Waals surface area (Å²) in [6.45, 7) is 4.38. The van der Waals surface area contributed by atoms with E-state index in [1.807, 2.05) is 0 Å². The molecular weight excluding hydrogens is 550 g/mol. The van der Waals surface area contributed by atoms with Crippen LogP contribution in [0.15, 0.2) is 11.1 Å². The van der Waals surface area contributed by atoms with Gasteiger partial charge in [0.2, 0.25) is 5.91 Å². The molecule has 7 N–H and O–H groups in total. The van der Waals surface area contributed by atoms with E-state index in [0.717, 1.165) is 50.3 Å². The van der Waals surface area contributed by atoms with Gasteiger partial charge in [-0.2, -0.15) is 0 Å². The van der Waals surface area contributed by atoms with E-state index in [9.17, 15) is 9.59 Å². The number of nitrogens with zero attached hydrogens (tertiary/aromatic N) is 1. The summed E-state index contributed by atoms with van der Waals surface area (Å²) in [5, 5.41) is 15.8. The van der Waals surface area contributed by atoms with Crippen LogP contribution in [0.3, 0.4) is 0 Å². The van der Waals surface area contributed by atoms with Gasteiger partial charge in [-0.05, 0) is 31.6 Å². The SMILES string of the molecule is N[C@@H]1CCCC[C@@H]1NC1CC2CNC(=O)C2C(NC2CC(C3COC4C(=O)C=C(N5CCOCC5)SC43)NS2)N1. The minimum atomic E-state index is -0.362. The summed E-state index contributed by atoms with van der Waals surface area (Å²) < 4.78 is 15.3. The molecule has 5 saturated heterocycles. The van der Waals surface area contributed by atoms with Gasteiger partial charge in [0.25, 0.3) is 0 Å². The fourth-order valence-electron chi connectivity index (χ4n) is 7.68. The highest BCUT2D eigenvalue weighted by Crippen LogP contribution is 2.45. The molecule has 0 radical (unpaired) electrons. The number of ether oxygens (including phenoxy) is 2. The Kier molecular flexibility index (Phi) is 8.37. The number of carbonyl (C=O) groups is 2. The molecule has 0 aromatic heterocycles. The van der Waals surface area contributed by atoms with Crippen LogP contribution in [0.1, 0.15) is 38.5 Å². The van der Waals surface area contributed by atoms with Crippen molar-refractivity contribution in [3.8, 4) is 0 Å². The summed E-state index contributed by atoms with van der Waals surface area (Å²) >= 11 is 3.51. The van der Waals surface area contributed by atoms with E-state index in [-0.39, 0.29) is 64.7 Å². The molecule has 6 heterocycles. The van der Waals surface area contributed by atoms with Crippen LogP contribution in [0.2, 0.25) is 0 Å². The monoisotopic (exact) mass is 593 g/mol. The molecule has 0 bridgehead atoms. The minimum absolute atomic E-state index is 0.0790. The first-order chi connectivity index (χ1) is 19.5. The van der Waals surface area contributed by atoms with Crippen LogP contribution in [0, 0.1) is 17.8 Å². The van der Waals surface area contributed by atoms with E-state index < -0.39 is 0 Å². The Bertz CT molecular complexity index is 1000. The summed E-state index contributed by atoms with van der Waals surface area (Å²) in [5.41, 5.74) is 6.44. The molecule has 6 aliphatic heterocycles. The maximum absolute atomic E-state index is 13.0. The van der Waals surface area contributed by atoms with Gasteiger partial charge in [-0.25, -0.2) is 0 Å². The van der Waals surface area contributed by atoms with Gasteiger partial charge in [-0.3, -0.25) is 30.3 Å². The van der Waals surface area contributed by atoms with Gasteiger partial charge in [-0.1, -0.05) is 24.8 Å². The van der Waals surface area contributed by atoms with Crippen molar-refractivity contribution < 1.29 is 19.1 Å². The highest BCUT2D eigenvalue weighted by atomic mass is 32.2. The first kappa shape index (κ1) is 27.9. The zero-order valence-corrected chi connectivity index (χ0v) is 24.5. The number of hydrogen-bond acceptors (Lipinski definition) is 12. The van der Waals surface area contributed by atoms with Gasteiger partial charge in [0.05, 0.1) is 53.7 Å². The second-order valence-corrected chi connectivity index (χ2v) is 14.6. The number of ketones is 1. The highest BCUT2D eigenvalue weighted by Gasteiger charge is 2.51. The predicted molar refractivity (Wildman–Crippen MR) is 155 cm³/mol. The third-order valence-electron chi connectivity index (χ3n) is 9.89. The zero-order valence-electron chi connectivity index (χ0n) is 22.9. The lowest BCUT2D eigenvalue weighted by Gasteiger charge is -2.42. The van der Waals surface area contributed by atoms with E-state index in [0.29, 0.717) is 31.8 Å². The van der Waals surface area contributed by atoms with Gasteiger partial charge >= 0.3 is 0 Å². The molecule has 222 valence electrons. The summed E-state index contributed by atoms with van der Waals surface area (Å²) in [6.07, 6.45) is 7.90. The third kappa shape index (κ3) is 5.58. The van der Waals surface area contributed by atoms with Crippen LogP contribution in [0.25, 0.3) is 0 Å². The van der Waals surface area contributed by atoms with Crippen molar-refractivity contribution >= 4 is 35.4 Å². The Hall–Kier alpha value is -0.900. The number of rotatable bonds is 6. The van der Waals surface area contributed by atoms with Crippen molar-refractivity contribution in [3.63, 3.8) is 0 Å². The molecule has 6 fully saturated rings. The molecular formula is C27H43N7O4S2. The fraction of sp³-hybridized carbons (Fsp3) is 0.852.